The second-order valence-corrected chi connectivity index (χ2v) is 6.89. The number of rotatable bonds is 2. The molecule has 2 saturated heterocycles. The highest BCUT2D eigenvalue weighted by Gasteiger charge is 2.78. The SMILES string of the molecule is CCC12OC(=N)C(C#N)(C1C)C(C#N)(C#N)C(c1cccc(C(F)(F)F)c1)O2. The number of fused-ring (bicyclic) bond motifs is 2. The van der Waals surface area contributed by atoms with E-state index in [0.717, 1.165) is 18.2 Å². The van der Waals surface area contributed by atoms with Crippen molar-refractivity contribution in [1.29, 1.82) is 21.2 Å². The van der Waals surface area contributed by atoms with Gasteiger partial charge >= 0.3 is 6.18 Å². The van der Waals surface area contributed by atoms with Gasteiger partial charge < -0.3 is 9.47 Å². The minimum atomic E-state index is -4.64. The van der Waals surface area contributed by atoms with Crippen LogP contribution in [0.2, 0.25) is 0 Å². The summed E-state index contributed by atoms with van der Waals surface area (Å²) in [7, 11) is 0. The maximum absolute atomic E-state index is 13.2. The third kappa shape index (κ3) is 2.13. The molecule has 1 aromatic carbocycles. The Morgan fingerprint density at radius 1 is 1.18 bits per heavy atom. The molecule has 28 heavy (non-hydrogen) atoms. The van der Waals surface area contributed by atoms with Gasteiger partial charge in [0.25, 0.3) is 0 Å². The summed E-state index contributed by atoms with van der Waals surface area (Å²) in [4.78, 5) is 0. The Morgan fingerprint density at radius 2 is 1.82 bits per heavy atom. The highest BCUT2D eigenvalue weighted by molar-refractivity contribution is 5.89. The number of hydrogen-bond donors (Lipinski definition) is 1. The number of benzene rings is 1. The standard InChI is InChI=1S/C19H15F3N4O2/c1-3-18-11(2)17(10-25,15(26)28-18)16(8-23,9-24)14(27-18)12-5-4-6-13(7-12)19(20,21)22/h4-7,11,14,26H,3H2,1-2H3. The van der Waals surface area contributed by atoms with Gasteiger partial charge in [-0.15, -0.1) is 0 Å². The number of nitriles is 3. The quantitative estimate of drug-likeness (QED) is 0.820. The van der Waals surface area contributed by atoms with Crippen LogP contribution in [0.25, 0.3) is 0 Å². The first-order valence-corrected chi connectivity index (χ1v) is 8.45. The fraction of sp³-hybridized carbons (Fsp3) is 0.474. The van der Waals surface area contributed by atoms with Gasteiger partial charge in [0.1, 0.15) is 6.10 Å². The smallest absolute Gasteiger partial charge is 0.416 e. The maximum Gasteiger partial charge on any atom is 0.416 e. The van der Waals surface area contributed by atoms with Gasteiger partial charge in [-0.2, -0.15) is 29.0 Å². The van der Waals surface area contributed by atoms with Crippen molar-refractivity contribution in [3.05, 3.63) is 35.4 Å². The predicted molar refractivity (Wildman–Crippen MR) is 88.0 cm³/mol. The molecule has 0 radical (unpaired) electrons. The van der Waals surface area contributed by atoms with Gasteiger partial charge in [0.2, 0.25) is 17.1 Å². The van der Waals surface area contributed by atoms with Crippen molar-refractivity contribution in [3.63, 3.8) is 0 Å². The summed E-state index contributed by atoms with van der Waals surface area (Å²) in [6.45, 7) is 3.21. The van der Waals surface area contributed by atoms with Crippen molar-refractivity contribution in [3.8, 4) is 18.2 Å². The molecule has 2 aliphatic heterocycles. The van der Waals surface area contributed by atoms with E-state index in [9.17, 15) is 29.0 Å². The molecule has 0 aliphatic carbocycles. The van der Waals surface area contributed by atoms with E-state index in [4.69, 9.17) is 14.9 Å². The summed E-state index contributed by atoms with van der Waals surface area (Å²) in [5.74, 6) is -2.94. The predicted octanol–water partition coefficient (Wildman–Crippen LogP) is 4.07. The van der Waals surface area contributed by atoms with Crippen molar-refractivity contribution in [2.24, 2.45) is 16.7 Å². The van der Waals surface area contributed by atoms with E-state index >= 15 is 0 Å². The van der Waals surface area contributed by atoms with E-state index in [2.05, 4.69) is 0 Å². The summed E-state index contributed by atoms with van der Waals surface area (Å²) in [6, 6.07) is 9.58. The lowest BCUT2D eigenvalue weighted by Crippen LogP contribution is -2.58. The zero-order valence-electron chi connectivity index (χ0n) is 15.0. The van der Waals surface area contributed by atoms with Gasteiger partial charge in [-0.3, -0.25) is 5.41 Å². The molecule has 0 amide bonds. The first-order chi connectivity index (χ1) is 13.1. The summed E-state index contributed by atoms with van der Waals surface area (Å²) < 4.78 is 51.0. The third-order valence-electron chi connectivity index (χ3n) is 5.81. The molecule has 3 rings (SSSR count). The Morgan fingerprint density at radius 3 is 2.32 bits per heavy atom. The first-order valence-electron chi connectivity index (χ1n) is 8.45. The average molecular weight is 388 g/mol. The van der Waals surface area contributed by atoms with E-state index < -0.39 is 46.3 Å². The number of halogens is 3. The molecule has 6 nitrogen and oxygen atoms in total. The minimum Gasteiger partial charge on any atom is -0.447 e. The zero-order chi connectivity index (χ0) is 21.0. The molecule has 2 heterocycles. The zero-order valence-corrected chi connectivity index (χ0v) is 15.0. The molecule has 0 spiro atoms. The molecule has 9 heteroatoms. The van der Waals surface area contributed by atoms with Crippen molar-refractivity contribution >= 4 is 5.90 Å². The molecule has 4 atom stereocenters. The Hall–Kier alpha value is -3.09. The van der Waals surface area contributed by atoms with Crippen LogP contribution in [0.15, 0.2) is 24.3 Å². The van der Waals surface area contributed by atoms with Gasteiger partial charge in [-0.05, 0) is 17.7 Å². The van der Waals surface area contributed by atoms with Crippen LogP contribution in [-0.2, 0) is 15.7 Å². The van der Waals surface area contributed by atoms with Gasteiger partial charge in [0, 0.05) is 6.42 Å². The van der Waals surface area contributed by atoms with Crippen LogP contribution in [0.3, 0.4) is 0 Å². The normalized spacial score (nSPS) is 33.3. The molecule has 4 unspecified atom stereocenters. The third-order valence-corrected chi connectivity index (χ3v) is 5.81. The number of alkyl halides is 3. The molecular weight excluding hydrogens is 373 g/mol. The Balaban J connectivity index is 2.31. The molecule has 1 aromatic rings. The summed E-state index contributed by atoms with van der Waals surface area (Å²) in [5.41, 5.74) is -5.31. The lowest BCUT2D eigenvalue weighted by Gasteiger charge is -2.48. The number of nitrogens with zero attached hydrogens (tertiary/aromatic N) is 3. The number of hydrogen-bond acceptors (Lipinski definition) is 6. The van der Waals surface area contributed by atoms with Crippen LogP contribution in [0.4, 0.5) is 13.2 Å². The van der Waals surface area contributed by atoms with Gasteiger partial charge in [0.05, 0.1) is 29.7 Å². The van der Waals surface area contributed by atoms with Crippen LogP contribution in [0.5, 0.6) is 0 Å². The molecule has 2 aliphatic rings. The maximum atomic E-state index is 13.2. The van der Waals surface area contributed by atoms with E-state index in [1.807, 2.05) is 6.07 Å². The van der Waals surface area contributed by atoms with Crippen molar-refractivity contribution in [2.45, 2.75) is 38.3 Å². The molecule has 2 fully saturated rings. The summed E-state index contributed by atoms with van der Waals surface area (Å²) >= 11 is 0. The van der Waals surface area contributed by atoms with Gasteiger partial charge in [-0.1, -0.05) is 26.0 Å². The fourth-order valence-corrected chi connectivity index (χ4v) is 4.22. The summed E-state index contributed by atoms with van der Waals surface area (Å²) in [6.07, 6.45) is -5.98. The average Bonchev–Trinajstić information content (AvgIpc) is 2.83. The lowest BCUT2D eigenvalue weighted by molar-refractivity contribution is -0.280. The van der Waals surface area contributed by atoms with Crippen LogP contribution >= 0.6 is 0 Å². The first kappa shape index (κ1) is 19.7. The van der Waals surface area contributed by atoms with E-state index in [1.165, 1.54) is 6.07 Å². The van der Waals surface area contributed by atoms with Gasteiger partial charge in [-0.25, -0.2) is 0 Å². The highest BCUT2D eigenvalue weighted by atomic mass is 19.4. The van der Waals surface area contributed by atoms with Crippen LogP contribution in [0, 0.1) is 56.2 Å². The molecule has 0 aromatic heterocycles. The van der Waals surface area contributed by atoms with Crippen molar-refractivity contribution in [2.75, 3.05) is 0 Å². The summed E-state index contributed by atoms with van der Waals surface area (Å²) in [5, 5.41) is 38.1. The molecule has 2 bridgehead atoms. The molecular formula is C19H15F3N4O2. The second kappa shape index (κ2) is 5.95. The Bertz CT molecular complexity index is 957. The topological polar surface area (TPSA) is 114 Å². The minimum absolute atomic E-state index is 0.0828. The van der Waals surface area contributed by atoms with Gasteiger partial charge in [0.15, 0.2) is 5.41 Å². The lowest BCUT2D eigenvalue weighted by atomic mass is 9.53. The van der Waals surface area contributed by atoms with Crippen LogP contribution < -0.4 is 0 Å². The Labute approximate surface area is 159 Å². The van der Waals surface area contributed by atoms with Crippen LogP contribution in [-0.4, -0.2) is 11.7 Å². The van der Waals surface area contributed by atoms with Crippen molar-refractivity contribution < 1.29 is 22.6 Å². The molecule has 144 valence electrons. The number of nitrogens with one attached hydrogen (secondary N) is 1. The number of ether oxygens (including phenoxy) is 2. The molecule has 1 N–H and O–H groups in total. The largest absolute Gasteiger partial charge is 0.447 e. The molecule has 0 saturated carbocycles. The fourth-order valence-electron chi connectivity index (χ4n) is 4.22. The van der Waals surface area contributed by atoms with Crippen LogP contribution in [0.1, 0.15) is 37.5 Å². The monoisotopic (exact) mass is 388 g/mol. The highest BCUT2D eigenvalue weighted by Crippen LogP contribution is 2.67. The van der Waals surface area contributed by atoms with E-state index in [1.54, 1.807) is 26.0 Å². The Kier molecular flexibility index (Phi) is 4.18. The van der Waals surface area contributed by atoms with E-state index in [-0.39, 0.29) is 12.0 Å². The second-order valence-electron chi connectivity index (χ2n) is 6.89. The van der Waals surface area contributed by atoms with E-state index in [0.29, 0.717) is 0 Å². The van der Waals surface area contributed by atoms with Crippen molar-refractivity contribution in [1.82, 2.24) is 0 Å².